The number of sulfonamides is 1. The van der Waals surface area contributed by atoms with Gasteiger partial charge in [0.1, 0.15) is 12.4 Å². The molecule has 0 aliphatic heterocycles. The first-order valence-electron chi connectivity index (χ1n) is 5.29. The number of nitrogens with zero attached hydrogens (tertiary/aromatic N) is 1. The molecule has 0 unspecified atom stereocenters. The lowest BCUT2D eigenvalue weighted by atomic mass is 10.3. The number of hydrogen-bond acceptors (Lipinski definition) is 4. The SMILES string of the molecule is CN(c1ccccc1)S(=O)(=O)c1ccc(CO)o1. The number of furan rings is 1. The third-order valence-electron chi connectivity index (χ3n) is 2.53. The molecule has 1 aromatic carbocycles. The van der Waals surface area contributed by atoms with Crippen LogP contribution in [0.15, 0.2) is 52.0 Å². The van der Waals surface area contributed by atoms with Crippen LogP contribution in [0.25, 0.3) is 0 Å². The molecule has 0 aliphatic rings. The molecule has 0 aliphatic carbocycles. The summed E-state index contributed by atoms with van der Waals surface area (Å²) in [5.74, 6) is 0.218. The molecule has 0 bridgehead atoms. The number of para-hydroxylation sites is 1. The molecule has 1 heterocycles. The molecule has 2 aromatic rings. The van der Waals surface area contributed by atoms with Gasteiger partial charge in [0.15, 0.2) is 0 Å². The predicted molar refractivity (Wildman–Crippen MR) is 66.7 cm³/mol. The topological polar surface area (TPSA) is 70.8 Å². The van der Waals surface area contributed by atoms with Crippen molar-refractivity contribution >= 4 is 15.7 Å². The lowest BCUT2D eigenvalue weighted by Crippen LogP contribution is -2.26. The molecule has 0 saturated carbocycles. The maximum absolute atomic E-state index is 12.2. The average molecular weight is 267 g/mol. The molecule has 5 nitrogen and oxygen atoms in total. The summed E-state index contributed by atoms with van der Waals surface area (Å²) in [6, 6.07) is 11.5. The maximum Gasteiger partial charge on any atom is 0.297 e. The Morgan fingerprint density at radius 3 is 2.39 bits per heavy atom. The van der Waals surface area contributed by atoms with Crippen LogP contribution in [0.5, 0.6) is 0 Å². The van der Waals surface area contributed by atoms with E-state index in [0.717, 1.165) is 4.31 Å². The molecule has 0 atom stereocenters. The third kappa shape index (κ3) is 2.25. The summed E-state index contributed by atoms with van der Waals surface area (Å²) in [6.45, 7) is -0.329. The summed E-state index contributed by atoms with van der Waals surface area (Å²) in [6.07, 6.45) is 0. The molecular weight excluding hydrogens is 254 g/mol. The number of rotatable bonds is 4. The molecule has 0 saturated heterocycles. The quantitative estimate of drug-likeness (QED) is 0.913. The van der Waals surface area contributed by atoms with Gasteiger partial charge in [-0.1, -0.05) is 18.2 Å². The van der Waals surface area contributed by atoms with Crippen molar-refractivity contribution < 1.29 is 17.9 Å². The largest absolute Gasteiger partial charge is 0.445 e. The number of aliphatic hydroxyl groups excluding tert-OH is 1. The van der Waals surface area contributed by atoms with Crippen molar-refractivity contribution in [3.8, 4) is 0 Å². The molecular formula is C12H13NO4S. The van der Waals surface area contributed by atoms with Crippen LogP contribution in [-0.4, -0.2) is 20.6 Å². The highest BCUT2D eigenvalue weighted by molar-refractivity contribution is 7.92. The van der Waals surface area contributed by atoms with Crippen molar-refractivity contribution in [1.29, 1.82) is 0 Å². The van der Waals surface area contributed by atoms with Gasteiger partial charge in [-0.25, -0.2) is 0 Å². The van der Waals surface area contributed by atoms with Gasteiger partial charge < -0.3 is 9.52 Å². The van der Waals surface area contributed by atoms with Gasteiger partial charge in [0, 0.05) is 7.05 Å². The Kier molecular flexibility index (Phi) is 3.40. The number of aliphatic hydroxyl groups is 1. The molecule has 6 heteroatoms. The summed E-state index contributed by atoms with van der Waals surface area (Å²) in [5.41, 5.74) is 0.541. The lowest BCUT2D eigenvalue weighted by Gasteiger charge is -2.17. The van der Waals surface area contributed by atoms with Gasteiger partial charge in [0.25, 0.3) is 10.0 Å². The Labute approximate surface area is 105 Å². The van der Waals surface area contributed by atoms with E-state index in [1.165, 1.54) is 19.2 Å². The van der Waals surface area contributed by atoms with E-state index in [9.17, 15) is 8.42 Å². The fraction of sp³-hybridized carbons (Fsp3) is 0.167. The number of hydrogen-bond donors (Lipinski definition) is 1. The van der Waals surface area contributed by atoms with E-state index in [4.69, 9.17) is 9.52 Å². The van der Waals surface area contributed by atoms with Crippen LogP contribution in [0, 0.1) is 0 Å². The first kappa shape index (κ1) is 12.7. The van der Waals surface area contributed by atoms with Crippen LogP contribution in [0.4, 0.5) is 5.69 Å². The summed E-state index contributed by atoms with van der Waals surface area (Å²) >= 11 is 0. The number of anilines is 1. The normalized spacial score (nSPS) is 11.4. The van der Waals surface area contributed by atoms with Crippen LogP contribution in [0.1, 0.15) is 5.76 Å². The zero-order valence-corrected chi connectivity index (χ0v) is 10.6. The summed E-state index contributed by atoms with van der Waals surface area (Å²) < 4.78 is 30.6. The highest BCUT2D eigenvalue weighted by atomic mass is 32.2. The van der Waals surface area contributed by atoms with E-state index in [-0.39, 0.29) is 17.5 Å². The van der Waals surface area contributed by atoms with Gasteiger partial charge >= 0.3 is 0 Å². The van der Waals surface area contributed by atoms with Crippen molar-refractivity contribution in [1.82, 2.24) is 0 Å². The highest BCUT2D eigenvalue weighted by Crippen LogP contribution is 2.23. The van der Waals surface area contributed by atoms with E-state index < -0.39 is 10.0 Å². The zero-order valence-electron chi connectivity index (χ0n) is 9.78. The van der Waals surface area contributed by atoms with Crippen molar-refractivity contribution in [2.45, 2.75) is 11.7 Å². The minimum atomic E-state index is -3.73. The fourth-order valence-electron chi connectivity index (χ4n) is 1.49. The van der Waals surface area contributed by atoms with Crippen molar-refractivity contribution in [3.63, 3.8) is 0 Å². The molecule has 2 rings (SSSR count). The monoisotopic (exact) mass is 267 g/mol. The minimum Gasteiger partial charge on any atom is -0.445 e. The number of benzene rings is 1. The molecule has 1 N–H and O–H groups in total. The Balaban J connectivity index is 2.37. The molecule has 0 spiro atoms. The Bertz CT molecular complexity index is 619. The van der Waals surface area contributed by atoms with E-state index in [1.807, 2.05) is 0 Å². The molecule has 1 aromatic heterocycles. The third-order valence-corrected chi connectivity index (χ3v) is 4.19. The Morgan fingerprint density at radius 2 is 1.83 bits per heavy atom. The maximum atomic E-state index is 12.2. The molecule has 18 heavy (non-hydrogen) atoms. The summed E-state index contributed by atoms with van der Waals surface area (Å²) in [7, 11) is -2.28. The van der Waals surface area contributed by atoms with Crippen LogP contribution < -0.4 is 4.31 Å². The van der Waals surface area contributed by atoms with Gasteiger partial charge in [-0.05, 0) is 24.3 Å². The minimum absolute atomic E-state index is 0.182. The van der Waals surface area contributed by atoms with Crippen molar-refractivity contribution in [3.05, 3.63) is 48.2 Å². The van der Waals surface area contributed by atoms with Crippen LogP contribution in [0.3, 0.4) is 0 Å². The van der Waals surface area contributed by atoms with Gasteiger partial charge in [-0.3, -0.25) is 4.31 Å². The van der Waals surface area contributed by atoms with Gasteiger partial charge in [-0.15, -0.1) is 0 Å². The Hall–Kier alpha value is -1.79. The van der Waals surface area contributed by atoms with E-state index >= 15 is 0 Å². The summed E-state index contributed by atoms with van der Waals surface area (Å²) in [4.78, 5) is 0. The average Bonchev–Trinajstić information content (AvgIpc) is 2.88. The fourth-order valence-corrected chi connectivity index (χ4v) is 2.62. The standard InChI is InChI=1S/C12H13NO4S/c1-13(10-5-3-2-4-6-10)18(15,16)12-8-7-11(9-14)17-12/h2-8,14H,9H2,1H3. The smallest absolute Gasteiger partial charge is 0.297 e. The van der Waals surface area contributed by atoms with Gasteiger partial charge in [-0.2, -0.15) is 8.42 Å². The van der Waals surface area contributed by atoms with E-state index in [1.54, 1.807) is 30.3 Å². The van der Waals surface area contributed by atoms with Crippen LogP contribution >= 0.6 is 0 Å². The predicted octanol–water partition coefficient (Wildman–Crippen LogP) is 1.60. The first-order chi connectivity index (χ1) is 8.55. The molecule has 0 amide bonds. The molecule has 0 radical (unpaired) electrons. The second-order valence-corrected chi connectivity index (χ2v) is 5.59. The highest BCUT2D eigenvalue weighted by Gasteiger charge is 2.24. The Morgan fingerprint density at radius 1 is 1.17 bits per heavy atom. The summed E-state index contributed by atoms with van der Waals surface area (Å²) in [5, 5.41) is 8.69. The second kappa shape index (κ2) is 4.83. The van der Waals surface area contributed by atoms with Gasteiger partial charge in [0.05, 0.1) is 5.69 Å². The van der Waals surface area contributed by atoms with Crippen molar-refractivity contribution in [2.75, 3.05) is 11.4 Å². The van der Waals surface area contributed by atoms with Crippen LogP contribution in [-0.2, 0) is 16.6 Å². The first-order valence-corrected chi connectivity index (χ1v) is 6.73. The van der Waals surface area contributed by atoms with E-state index in [0.29, 0.717) is 5.69 Å². The van der Waals surface area contributed by atoms with Crippen LogP contribution in [0.2, 0.25) is 0 Å². The van der Waals surface area contributed by atoms with E-state index in [2.05, 4.69) is 0 Å². The zero-order chi connectivity index (χ0) is 13.2. The lowest BCUT2D eigenvalue weighted by molar-refractivity contribution is 0.236. The van der Waals surface area contributed by atoms with Crippen molar-refractivity contribution in [2.24, 2.45) is 0 Å². The molecule has 0 fully saturated rings. The second-order valence-electron chi connectivity index (χ2n) is 3.69. The van der Waals surface area contributed by atoms with Gasteiger partial charge in [0.2, 0.25) is 5.09 Å². The molecule has 96 valence electrons.